The molecule has 0 spiro atoms. The van der Waals surface area contributed by atoms with Crippen molar-refractivity contribution in [2.75, 3.05) is 19.6 Å². The zero-order valence-corrected chi connectivity index (χ0v) is 18.2. The summed E-state index contributed by atoms with van der Waals surface area (Å²) in [5.41, 5.74) is 3.28. The number of nitrogens with zero attached hydrogens (tertiary/aromatic N) is 4. The van der Waals surface area contributed by atoms with Gasteiger partial charge in [0.05, 0.1) is 12.1 Å². The third kappa shape index (κ3) is 4.11. The van der Waals surface area contributed by atoms with E-state index >= 15 is 0 Å². The summed E-state index contributed by atoms with van der Waals surface area (Å²) in [6.07, 6.45) is 5.80. The Bertz CT molecular complexity index is 1400. The second-order valence-electron chi connectivity index (χ2n) is 8.30. The third-order valence-corrected chi connectivity index (χ3v) is 6.09. The first-order valence-electron chi connectivity index (χ1n) is 11.2. The Labute approximate surface area is 190 Å². The van der Waals surface area contributed by atoms with Crippen LogP contribution in [0.5, 0.6) is 0 Å². The normalized spacial score (nSPS) is 13.8. The molecule has 168 valence electrons. The Balaban J connectivity index is 1.32. The number of nitrogens with one attached hydrogen (secondary N) is 1. The molecule has 0 radical (unpaired) electrons. The molecular weight excluding hydrogens is 418 g/mol. The highest BCUT2D eigenvalue weighted by atomic mass is 16.2. The van der Waals surface area contributed by atoms with E-state index in [2.05, 4.69) is 10.3 Å². The van der Waals surface area contributed by atoms with Crippen molar-refractivity contribution in [1.82, 2.24) is 24.2 Å². The van der Waals surface area contributed by atoms with Crippen LogP contribution in [0.25, 0.3) is 16.7 Å². The standard InChI is InChI=1S/C25H25N5O3/c31-22-10-4-13-28(22)14-5-12-27-24(32)19-7-1-6-18(16-19)17-30-23-20(8-2-11-26-23)29-15-3-9-21(29)25(30)33/h1-3,6-9,11,15-16H,4-5,10,12-14,17H2,(H,27,32). The minimum atomic E-state index is -0.165. The minimum Gasteiger partial charge on any atom is -0.352 e. The van der Waals surface area contributed by atoms with E-state index in [1.54, 1.807) is 22.9 Å². The van der Waals surface area contributed by atoms with Gasteiger partial charge in [-0.1, -0.05) is 12.1 Å². The quantitative estimate of drug-likeness (QED) is 0.445. The fourth-order valence-electron chi connectivity index (χ4n) is 4.44. The van der Waals surface area contributed by atoms with E-state index in [0.717, 1.165) is 30.5 Å². The minimum absolute atomic E-state index is 0.127. The molecule has 1 aromatic carbocycles. The summed E-state index contributed by atoms with van der Waals surface area (Å²) in [7, 11) is 0. The number of benzene rings is 1. The number of hydrogen-bond acceptors (Lipinski definition) is 4. The summed E-state index contributed by atoms with van der Waals surface area (Å²) in [6.45, 7) is 2.30. The molecule has 33 heavy (non-hydrogen) atoms. The second kappa shape index (κ2) is 8.90. The van der Waals surface area contributed by atoms with Crippen LogP contribution in [0, 0.1) is 0 Å². The van der Waals surface area contributed by atoms with Crippen molar-refractivity contribution in [2.24, 2.45) is 0 Å². The number of carbonyl (C=O) groups is 2. The zero-order chi connectivity index (χ0) is 22.8. The van der Waals surface area contributed by atoms with Crippen molar-refractivity contribution in [3.05, 3.63) is 82.4 Å². The van der Waals surface area contributed by atoms with E-state index in [9.17, 15) is 14.4 Å². The van der Waals surface area contributed by atoms with Gasteiger partial charge in [0, 0.05) is 44.0 Å². The lowest BCUT2D eigenvalue weighted by Gasteiger charge is -2.15. The topological polar surface area (TPSA) is 88.7 Å². The molecule has 1 aliphatic rings. The summed E-state index contributed by atoms with van der Waals surface area (Å²) in [6, 6.07) is 14.7. The van der Waals surface area contributed by atoms with Gasteiger partial charge in [-0.15, -0.1) is 0 Å². The van der Waals surface area contributed by atoms with Crippen molar-refractivity contribution in [3.8, 4) is 0 Å². The van der Waals surface area contributed by atoms with Crippen LogP contribution in [0.2, 0.25) is 0 Å². The third-order valence-electron chi connectivity index (χ3n) is 6.09. The maximum Gasteiger partial charge on any atom is 0.276 e. The highest BCUT2D eigenvalue weighted by Gasteiger charge is 2.19. The number of aromatic nitrogens is 3. The number of rotatable bonds is 7. The molecule has 0 unspecified atom stereocenters. The lowest BCUT2D eigenvalue weighted by Crippen LogP contribution is -2.30. The van der Waals surface area contributed by atoms with E-state index < -0.39 is 0 Å². The lowest BCUT2D eigenvalue weighted by atomic mass is 10.1. The molecule has 1 N–H and O–H groups in total. The molecule has 8 heteroatoms. The predicted molar refractivity (Wildman–Crippen MR) is 125 cm³/mol. The smallest absolute Gasteiger partial charge is 0.276 e. The molecule has 2 amide bonds. The predicted octanol–water partition coefficient (Wildman–Crippen LogP) is 2.44. The summed E-state index contributed by atoms with van der Waals surface area (Å²) in [4.78, 5) is 43.8. The summed E-state index contributed by atoms with van der Waals surface area (Å²) < 4.78 is 3.50. The molecule has 8 nitrogen and oxygen atoms in total. The molecule has 5 rings (SSSR count). The van der Waals surface area contributed by atoms with Gasteiger partial charge in [0.25, 0.3) is 11.5 Å². The van der Waals surface area contributed by atoms with Crippen LogP contribution >= 0.6 is 0 Å². The Hall–Kier alpha value is -3.94. The van der Waals surface area contributed by atoms with Gasteiger partial charge in [-0.05, 0) is 54.8 Å². The number of pyridine rings is 1. The van der Waals surface area contributed by atoms with Crippen LogP contribution < -0.4 is 10.9 Å². The van der Waals surface area contributed by atoms with Gasteiger partial charge in [0.1, 0.15) is 5.52 Å². The average Bonchev–Trinajstić information content (AvgIpc) is 3.49. The molecule has 0 saturated carbocycles. The van der Waals surface area contributed by atoms with Crippen LogP contribution in [0.1, 0.15) is 35.2 Å². The SMILES string of the molecule is O=C(NCCCN1CCCC1=O)c1cccc(Cn2c(=O)c3cccn3c3cccnc32)c1. The highest BCUT2D eigenvalue weighted by molar-refractivity contribution is 5.94. The van der Waals surface area contributed by atoms with Crippen molar-refractivity contribution in [2.45, 2.75) is 25.8 Å². The molecular formula is C25H25N5O3. The number of fused-ring (bicyclic) bond motifs is 3. The maximum atomic E-state index is 13.1. The first-order valence-corrected chi connectivity index (χ1v) is 11.2. The van der Waals surface area contributed by atoms with Crippen molar-refractivity contribution in [1.29, 1.82) is 0 Å². The van der Waals surface area contributed by atoms with E-state index in [-0.39, 0.29) is 17.4 Å². The number of hydrogen-bond donors (Lipinski definition) is 1. The Morgan fingerprint density at radius 1 is 1.06 bits per heavy atom. The first-order chi connectivity index (χ1) is 16.1. The monoisotopic (exact) mass is 443 g/mol. The van der Waals surface area contributed by atoms with Gasteiger partial charge >= 0.3 is 0 Å². The van der Waals surface area contributed by atoms with Crippen LogP contribution in [0.3, 0.4) is 0 Å². The molecule has 4 heterocycles. The summed E-state index contributed by atoms with van der Waals surface area (Å²) in [5, 5.41) is 2.93. The van der Waals surface area contributed by atoms with Gasteiger partial charge in [-0.3, -0.25) is 19.0 Å². The summed E-state index contributed by atoms with van der Waals surface area (Å²) in [5.74, 6) is 0.0339. The van der Waals surface area contributed by atoms with Gasteiger partial charge in [-0.25, -0.2) is 4.98 Å². The van der Waals surface area contributed by atoms with Crippen LogP contribution in [-0.2, 0) is 11.3 Å². The molecule has 1 aliphatic heterocycles. The lowest BCUT2D eigenvalue weighted by molar-refractivity contribution is -0.127. The molecule has 3 aromatic heterocycles. The van der Waals surface area contributed by atoms with E-state index in [1.807, 2.05) is 51.9 Å². The van der Waals surface area contributed by atoms with Crippen LogP contribution in [-0.4, -0.2) is 50.3 Å². The van der Waals surface area contributed by atoms with E-state index in [1.165, 1.54) is 0 Å². The summed E-state index contributed by atoms with van der Waals surface area (Å²) >= 11 is 0. The maximum absolute atomic E-state index is 13.1. The van der Waals surface area contributed by atoms with Crippen molar-refractivity contribution < 1.29 is 9.59 Å². The highest BCUT2D eigenvalue weighted by Crippen LogP contribution is 2.15. The fraction of sp³-hybridized carbons (Fsp3) is 0.280. The molecule has 1 saturated heterocycles. The van der Waals surface area contributed by atoms with Gasteiger partial charge in [0.15, 0.2) is 5.65 Å². The Kier molecular flexibility index (Phi) is 5.64. The number of carbonyl (C=O) groups excluding carboxylic acids is 2. The number of likely N-dealkylation sites (tertiary alicyclic amines) is 1. The van der Waals surface area contributed by atoms with Crippen molar-refractivity contribution in [3.63, 3.8) is 0 Å². The molecule has 4 aromatic rings. The van der Waals surface area contributed by atoms with Crippen LogP contribution in [0.4, 0.5) is 0 Å². The average molecular weight is 444 g/mol. The molecule has 0 atom stereocenters. The fourth-order valence-corrected chi connectivity index (χ4v) is 4.44. The van der Waals surface area contributed by atoms with Gasteiger partial charge in [0.2, 0.25) is 5.91 Å². The van der Waals surface area contributed by atoms with Crippen LogP contribution in [0.15, 0.2) is 65.7 Å². The molecule has 0 aliphatic carbocycles. The van der Waals surface area contributed by atoms with E-state index in [0.29, 0.717) is 42.8 Å². The molecule has 0 bridgehead atoms. The Morgan fingerprint density at radius 2 is 1.94 bits per heavy atom. The van der Waals surface area contributed by atoms with Gasteiger partial charge in [-0.2, -0.15) is 0 Å². The first kappa shape index (κ1) is 20.9. The Morgan fingerprint density at radius 3 is 2.79 bits per heavy atom. The van der Waals surface area contributed by atoms with E-state index in [4.69, 9.17) is 0 Å². The van der Waals surface area contributed by atoms with Gasteiger partial charge < -0.3 is 14.6 Å². The second-order valence-corrected chi connectivity index (χ2v) is 8.30. The zero-order valence-electron chi connectivity index (χ0n) is 18.2. The molecule has 1 fully saturated rings. The number of amides is 2. The van der Waals surface area contributed by atoms with Crippen molar-refractivity contribution >= 4 is 28.5 Å². The largest absolute Gasteiger partial charge is 0.352 e.